The number of carboxylic acids is 1. The number of rotatable bonds is 3. The average molecular weight is 265 g/mol. The highest BCUT2D eigenvalue weighted by molar-refractivity contribution is 6.30. The van der Waals surface area contributed by atoms with Crippen molar-refractivity contribution in [2.75, 3.05) is 0 Å². The maximum Gasteiger partial charge on any atom is 0.304 e. The average Bonchev–Trinajstić information content (AvgIpc) is 2.95. The molecule has 0 heterocycles. The highest BCUT2D eigenvalue weighted by Crippen LogP contribution is 2.53. The van der Waals surface area contributed by atoms with Crippen LogP contribution in [0.3, 0.4) is 0 Å². The molecule has 0 amide bonds. The third-order valence-corrected chi connectivity index (χ3v) is 3.26. The number of benzene rings is 1. The summed E-state index contributed by atoms with van der Waals surface area (Å²) in [6.45, 7) is 0. The largest absolute Gasteiger partial charge is 0.481 e. The third kappa shape index (κ3) is 1.99. The first kappa shape index (κ1) is 12.2. The van der Waals surface area contributed by atoms with Crippen molar-refractivity contribution in [1.29, 1.82) is 0 Å². The first-order chi connectivity index (χ1) is 7.87. The molecule has 0 spiro atoms. The molecule has 0 saturated heterocycles. The van der Waals surface area contributed by atoms with Crippen LogP contribution in [0, 0.1) is 17.5 Å². The molecule has 0 bridgehead atoms. The summed E-state index contributed by atoms with van der Waals surface area (Å²) >= 11 is 5.43. The summed E-state index contributed by atoms with van der Waals surface area (Å²) < 4.78 is 40.4. The molecule has 1 aromatic rings. The zero-order chi connectivity index (χ0) is 12.8. The summed E-state index contributed by atoms with van der Waals surface area (Å²) in [4.78, 5) is 10.6. The Bertz CT molecular complexity index is 472. The second kappa shape index (κ2) is 3.91. The lowest BCUT2D eigenvalue weighted by molar-refractivity contribution is -0.137. The van der Waals surface area contributed by atoms with Crippen molar-refractivity contribution in [2.24, 2.45) is 0 Å². The zero-order valence-corrected chi connectivity index (χ0v) is 9.32. The van der Waals surface area contributed by atoms with Crippen LogP contribution in [-0.4, -0.2) is 11.1 Å². The van der Waals surface area contributed by atoms with Crippen LogP contribution in [0.15, 0.2) is 6.07 Å². The van der Waals surface area contributed by atoms with Gasteiger partial charge in [-0.05, 0) is 18.9 Å². The summed E-state index contributed by atoms with van der Waals surface area (Å²) in [5.74, 6) is -4.85. The van der Waals surface area contributed by atoms with Crippen molar-refractivity contribution in [3.05, 3.63) is 34.1 Å². The molecule has 2 nitrogen and oxygen atoms in total. The van der Waals surface area contributed by atoms with Crippen LogP contribution in [-0.2, 0) is 10.2 Å². The van der Waals surface area contributed by atoms with Gasteiger partial charge in [0.05, 0.1) is 11.4 Å². The maximum absolute atomic E-state index is 13.7. The quantitative estimate of drug-likeness (QED) is 0.851. The summed E-state index contributed by atoms with van der Waals surface area (Å²) in [6, 6.07) is 0.548. The van der Waals surface area contributed by atoms with Gasteiger partial charge in [0.1, 0.15) is 5.82 Å². The molecule has 2 rings (SSSR count). The van der Waals surface area contributed by atoms with Crippen molar-refractivity contribution in [3.8, 4) is 0 Å². The van der Waals surface area contributed by atoms with Crippen LogP contribution in [0.1, 0.15) is 24.8 Å². The lowest BCUT2D eigenvalue weighted by Gasteiger charge is -2.16. The Morgan fingerprint density at radius 1 is 1.35 bits per heavy atom. The van der Waals surface area contributed by atoms with E-state index in [0.29, 0.717) is 18.9 Å². The second-order valence-corrected chi connectivity index (χ2v) is 4.60. The summed E-state index contributed by atoms with van der Waals surface area (Å²) in [5.41, 5.74) is -1.68. The van der Waals surface area contributed by atoms with E-state index in [-0.39, 0.29) is 0 Å². The Labute approximate surface area is 100 Å². The lowest BCUT2D eigenvalue weighted by Crippen LogP contribution is -2.18. The SMILES string of the molecule is O=C(O)CC1(c2c(F)c(F)cc(Cl)c2F)CC1. The normalized spacial score (nSPS) is 16.9. The summed E-state index contributed by atoms with van der Waals surface area (Å²) in [6.07, 6.45) is 0.195. The van der Waals surface area contributed by atoms with Crippen LogP contribution in [0.4, 0.5) is 13.2 Å². The minimum Gasteiger partial charge on any atom is -0.481 e. The second-order valence-electron chi connectivity index (χ2n) is 4.19. The minimum atomic E-state index is -1.34. The predicted molar refractivity (Wildman–Crippen MR) is 54.5 cm³/mol. The molecular weight excluding hydrogens is 257 g/mol. The molecule has 92 valence electrons. The Kier molecular flexibility index (Phi) is 2.81. The Morgan fingerprint density at radius 3 is 2.41 bits per heavy atom. The van der Waals surface area contributed by atoms with Gasteiger partial charge in [-0.3, -0.25) is 4.79 Å². The van der Waals surface area contributed by atoms with Crippen molar-refractivity contribution in [3.63, 3.8) is 0 Å². The van der Waals surface area contributed by atoms with Crippen LogP contribution >= 0.6 is 11.6 Å². The molecule has 0 aliphatic heterocycles. The summed E-state index contributed by atoms with van der Waals surface area (Å²) in [7, 11) is 0. The number of carboxylic acid groups (broad SMARTS) is 1. The number of hydrogen-bond acceptors (Lipinski definition) is 1. The van der Waals surface area contributed by atoms with E-state index in [9.17, 15) is 18.0 Å². The van der Waals surface area contributed by atoms with Crippen LogP contribution in [0.25, 0.3) is 0 Å². The van der Waals surface area contributed by atoms with Gasteiger partial charge in [0.25, 0.3) is 0 Å². The minimum absolute atomic E-state index is 0.312. The molecule has 1 aromatic carbocycles. The molecule has 0 radical (unpaired) electrons. The molecule has 1 aliphatic rings. The Morgan fingerprint density at radius 2 is 1.94 bits per heavy atom. The molecule has 1 saturated carbocycles. The zero-order valence-electron chi connectivity index (χ0n) is 8.57. The highest BCUT2D eigenvalue weighted by Gasteiger charge is 2.50. The molecule has 0 atom stereocenters. The Balaban J connectivity index is 2.55. The number of halogens is 4. The number of aliphatic carboxylic acids is 1. The fourth-order valence-corrected chi connectivity index (χ4v) is 2.18. The maximum atomic E-state index is 13.7. The standard InChI is InChI=1S/C11H8ClF3O2/c12-5-3-6(13)10(15)8(9(5)14)11(1-2-11)4-7(16)17/h3H,1-2,4H2,(H,16,17). The smallest absolute Gasteiger partial charge is 0.304 e. The van der Waals surface area contributed by atoms with E-state index >= 15 is 0 Å². The lowest BCUT2D eigenvalue weighted by atomic mass is 9.91. The van der Waals surface area contributed by atoms with Crippen molar-refractivity contribution in [1.82, 2.24) is 0 Å². The van der Waals surface area contributed by atoms with E-state index in [2.05, 4.69) is 0 Å². The number of hydrogen-bond donors (Lipinski definition) is 1. The molecule has 6 heteroatoms. The van der Waals surface area contributed by atoms with E-state index in [4.69, 9.17) is 16.7 Å². The fraction of sp³-hybridized carbons (Fsp3) is 0.364. The van der Waals surface area contributed by atoms with Gasteiger partial charge in [-0.25, -0.2) is 13.2 Å². The van der Waals surface area contributed by atoms with E-state index in [1.165, 1.54) is 0 Å². The first-order valence-corrected chi connectivity index (χ1v) is 5.30. The van der Waals surface area contributed by atoms with Crippen molar-refractivity contribution in [2.45, 2.75) is 24.7 Å². The topological polar surface area (TPSA) is 37.3 Å². The van der Waals surface area contributed by atoms with Gasteiger partial charge in [-0.1, -0.05) is 11.6 Å². The Hall–Kier alpha value is -1.23. The molecule has 17 heavy (non-hydrogen) atoms. The molecule has 0 unspecified atom stereocenters. The van der Waals surface area contributed by atoms with Gasteiger partial charge in [-0.2, -0.15) is 0 Å². The van der Waals surface area contributed by atoms with Crippen LogP contribution < -0.4 is 0 Å². The monoisotopic (exact) mass is 264 g/mol. The fourth-order valence-electron chi connectivity index (χ4n) is 1.99. The first-order valence-electron chi connectivity index (χ1n) is 4.93. The van der Waals surface area contributed by atoms with Gasteiger partial charge >= 0.3 is 5.97 Å². The van der Waals surface area contributed by atoms with E-state index in [0.717, 1.165) is 0 Å². The highest BCUT2D eigenvalue weighted by atomic mass is 35.5. The van der Waals surface area contributed by atoms with Crippen LogP contribution in [0.5, 0.6) is 0 Å². The van der Waals surface area contributed by atoms with Crippen molar-refractivity contribution >= 4 is 17.6 Å². The molecule has 0 aromatic heterocycles. The van der Waals surface area contributed by atoms with Gasteiger partial charge in [0.15, 0.2) is 11.6 Å². The van der Waals surface area contributed by atoms with Gasteiger partial charge in [-0.15, -0.1) is 0 Å². The van der Waals surface area contributed by atoms with Gasteiger partial charge in [0, 0.05) is 11.0 Å². The third-order valence-electron chi connectivity index (χ3n) is 2.99. The molecular formula is C11H8ClF3O2. The van der Waals surface area contributed by atoms with Gasteiger partial charge in [0.2, 0.25) is 0 Å². The molecule has 1 N–H and O–H groups in total. The summed E-state index contributed by atoms with van der Waals surface area (Å²) in [5, 5.41) is 8.17. The van der Waals surface area contributed by atoms with E-state index < -0.39 is 45.8 Å². The van der Waals surface area contributed by atoms with E-state index in [1.807, 2.05) is 0 Å². The predicted octanol–water partition coefficient (Wildman–Crippen LogP) is 3.26. The molecule has 1 aliphatic carbocycles. The van der Waals surface area contributed by atoms with E-state index in [1.54, 1.807) is 0 Å². The van der Waals surface area contributed by atoms with Gasteiger partial charge < -0.3 is 5.11 Å². The number of carbonyl (C=O) groups is 1. The molecule has 1 fully saturated rings. The van der Waals surface area contributed by atoms with Crippen molar-refractivity contribution < 1.29 is 23.1 Å². The van der Waals surface area contributed by atoms with Crippen LogP contribution in [0.2, 0.25) is 5.02 Å².